The molecule has 0 aliphatic heterocycles. The highest BCUT2D eigenvalue weighted by Gasteiger charge is 2.11. The highest BCUT2D eigenvalue weighted by atomic mass is 16.5. The minimum Gasteiger partial charge on any atom is -0.497 e. The first-order chi connectivity index (χ1) is 12.7. The number of aromatic amines is 1. The predicted octanol–water partition coefficient (Wildman–Crippen LogP) is 3.41. The van der Waals surface area contributed by atoms with E-state index in [1.54, 1.807) is 13.2 Å². The van der Waals surface area contributed by atoms with E-state index in [2.05, 4.69) is 15.5 Å². The molecule has 1 aromatic heterocycles. The molecule has 0 saturated carbocycles. The van der Waals surface area contributed by atoms with Crippen molar-refractivity contribution in [2.45, 2.75) is 13.5 Å². The number of benzene rings is 2. The van der Waals surface area contributed by atoms with Gasteiger partial charge in [-0.2, -0.15) is 5.10 Å². The van der Waals surface area contributed by atoms with Gasteiger partial charge in [0.25, 0.3) is 5.91 Å². The number of carbonyl (C=O) groups excluding carboxylic acids is 1. The SMILES string of the molecule is CCOc1cccc(CNC(=O)c2cc(-c3cccc(OC)c3)n[nH]2)c1. The molecule has 0 saturated heterocycles. The third kappa shape index (κ3) is 4.22. The number of hydrogen-bond donors (Lipinski definition) is 2. The Labute approximate surface area is 152 Å². The summed E-state index contributed by atoms with van der Waals surface area (Å²) < 4.78 is 10.7. The predicted molar refractivity (Wildman–Crippen MR) is 99.4 cm³/mol. The molecule has 2 aromatic carbocycles. The lowest BCUT2D eigenvalue weighted by molar-refractivity contribution is 0.0946. The summed E-state index contributed by atoms with van der Waals surface area (Å²) in [4.78, 5) is 12.4. The van der Waals surface area contributed by atoms with Crippen molar-refractivity contribution in [3.05, 3.63) is 65.9 Å². The van der Waals surface area contributed by atoms with Crippen LogP contribution in [0.1, 0.15) is 23.0 Å². The average Bonchev–Trinajstić information content (AvgIpc) is 3.17. The second kappa shape index (κ2) is 8.20. The van der Waals surface area contributed by atoms with Gasteiger partial charge in [-0.15, -0.1) is 0 Å². The molecular weight excluding hydrogens is 330 g/mol. The van der Waals surface area contributed by atoms with Gasteiger partial charge in [0.2, 0.25) is 0 Å². The fourth-order valence-electron chi connectivity index (χ4n) is 2.56. The molecule has 1 heterocycles. The highest BCUT2D eigenvalue weighted by molar-refractivity contribution is 5.93. The van der Waals surface area contributed by atoms with Gasteiger partial charge in [0.15, 0.2) is 0 Å². The van der Waals surface area contributed by atoms with E-state index in [9.17, 15) is 4.79 Å². The van der Waals surface area contributed by atoms with E-state index in [0.29, 0.717) is 24.5 Å². The molecular formula is C20H21N3O3. The number of nitrogens with zero attached hydrogens (tertiary/aromatic N) is 1. The number of amides is 1. The third-order valence-electron chi connectivity index (χ3n) is 3.85. The van der Waals surface area contributed by atoms with Gasteiger partial charge < -0.3 is 14.8 Å². The molecule has 0 unspecified atom stereocenters. The summed E-state index contributed by atoms with van der Waals surface area (Å²) >= 11 is 0. The van der Waals surface area contributed by atoms with Crippen LogP contribution in [0.3, 0.4) is 0 Å². The van der Waals surface area contributed by atoms with Crippen molar-refractivity contribution in [2.75, 3.05) is 13.7 Å². The molecule has 2 N–H and O–H groups in total. The van der Waals surface area contributed by atoms with Crippen LogP contribution in [0.15, 0.2) is 54.6 Å². The van der Waals surface area contributed by atoms with E-state index in [0.717, 1.165) is 22.6 Å². The topological polar surface area (TPSA) is 76.2 Å². The summed E-state index contributed by atoms with van der Waals surface area (Å²) in [6.45, 7) is 2.96. The van der Waals surface area contributed by atoms with E-state index in [4.69, 9.17) is 9.47 Å². The number of nitrogens with one attached hydrogen (secondary N) is 2. The van der Waals surface area contributed by atoms with Crippen LogP contribution >= 0.6 is 0 Å². The normalized spacial score (nSPS) is 10.4. The summed E-state index contributed by atoms with van der Waals surface area (Å²) in [5.74, 6) is 1.32. The van der Waals surface area contributed by atoms with Crippen LogP contribution in [0, 0.1) is 0 Å². The van der Waals surface area contributed by atoms with Gasteiger partial charge >= 0.3 is 0 Å². The second-order valence-corrected chi connectivity index (χ2v) is 5.66. The third-order valence-corrected chi connectivity index (χ3v) is 3.85. The Morgan fingerprint density at radius 1 is 1.12 bits per heavy atom. The first kappa shape index (κ1) is 17.5. The van der Waals surface area contributed by atoms with Crippen molar-refractivity contribution in [1.29, 1.82) is 0 Å². The largest absolute Gasteiger partial charge is 0.497 e. The molecule has 0 atom stereocenters. The van der Waals surface area contributed by atoms with Crippen LogP contribution < -0.4 is 14.8 Å². The summed E-state index contributed by atoms with van der Waals surface area (Å²) in [6, 6.07) is 16.9. The Bertz CT molecular complexity index is 889. The summed E-state index contributed by atoms with van der Waals surface area (Å²) in [6.07, 6.45) is 0. The van der Waals surface area contributed by atoms with Crippen molar-refractivity contribution in [1.82, 2.24) is 15.5 Å². The Kier molecular flexibility index (Phi) is 5.53. The van der Waals surface area contributed by atoms with Crippen molar-refractivity contribution in [2.24, 2.45) is 0 Å². The van der Waals surface area contributed by atoms with Crippen molar-refractivity contribution < 1.29 is 14.3 Å². The lowest BCUT2D eigenvalue weighted by Crippen LogP contribution is -2.23. The van der Waals surface area contributed by atoms with Gasteiger partial charge in [-0.05, 0) is 42.8 Å². The molecule has 6 nitrogen and oxygen atoms in total. The summed E-state index contributed by atoms with van der Waals surface area (Å²) in [5, 5.41) is 9.88. The standard InChI is InChI=1S/C20H21N3O3/c1-3-26-17-9-4-6-14(10-17)13-21-20(24)19-12-18(22-23-19)15-7-5-8-16(11-15)25-2/h4-12H,3,13H2,1-2H3,(H,21,24)(H,22,23). The molecule has 3 aromatic rings. The Morgan fingerprint density at radius 2 is 1.92 bits per heavy atom. The average molecular weight is 351 g/mol. The fourth-order valence-corrected chi connectivity index (χ4v) is 2.56. The lowest BCUT2D eigenvalue weighted by atomic mass is 10.1. The Hall–Kier alpha value is -3.28. The van der Waals surface area contributed by atoms with Gasteiger partial charge in [0.1, 0.15) is 17.2 Å². The van der Waals surface area contributed by atoms with E-state index in [-0.39, 0.29) is 5.91 Å². The number of aromatic nitrogens is 2. The van der Waals surface area contributed by atoms with Crippen molar-refractivity contribution in [3.63, 3.8) is 0 Å². The molecule has 6 heteroatoms. The Balaban J connectivity index is 1.65. The molecule has 134 valence electrons. The number of ether oxygens (including phenoxy) is 2. The molecule has 0 spiro atoms. The van der Waals surface area contributed by atoms with Gasteiger partial charge in [-0.25, -0.2) is 0 Å². The van der Waals surface area contributed by atoms with Crippen molar-refractivity contribution in [3.8, 4) is 22.8 Å². The van der Waals surface area contributed by atoms with Gasteiger partial charge in [0.05, 0.1) is 19.4 Å². The summed E-state index contributed by atoms with van der Waals surface area (Å²) in [7, 11) is 1.61. The fraction of sp³-hybridized carbons (Fsp3) is 0.200. The van der Waals surface area contributed by atoms with E-state index in [1.165, 1.54) is 0 Å². The number of H-pyrrole nitrogens is 1. The quantitative estimate of drug-likeness (QED) is 0.684. The van der Waals surface area contributed by atoms with Crippen LogP contribution in [0.5, 0.6) is 11.5 Å². The zero-order valence-electron chi connectivity index (χ0n) is 14.8. The molecule has 26 heavy (non-hydrogen) atoms. The maximum Gasteiger partial charge on any atom is 0.269 e. The van der Waals surface area contributed by atoms with Crippen LogP contribution in [-0.4, -0.2) is 29.8 Å². The lowest BCUT2D eigenvalue weighted by Gasteiger charge is -2.07. The minimum absolute atomic E-state index is 0.214. The molecule has 0 radical (unpaired) electrons. The summed E-state index contributed by atoms with van der Waals surface area (Å²) in [5.41, 5.74) is 2.94. The maximum absolute atomic E-state index is 12.4. The first-order valence-corrected chi connectivity index (χ1v) is 8.39. The highest BCUT2D eigenvalue weighted by Crippen LogP contribution is 2.22. The smallest absolute Gasteiger partial charge is 0.269 e. The van der Waals surface area contributed by atoms with E-state index in [1.807, 2.05) is 55.5 Å². The van der Waals surface area contributed by atoms with Crippen LogP contribution in [0.4, 0.5) is 0 Å². The van der Waals surface area contributed by atoms with Crippen LogP contribution in [-0.2, 0) is 6.54 Å². The zero-order chi connectivity index (χ0) is 18.4. The number of carbonyl (C=O) groups is 1. The molecule has 0 aliphatic rings. The minimum atomic E-state index is -0.214. The van der Waals surface area contributed by atoms with E-state index < -0.39 is 0 Å². The van der Waals surface area contributed by atoms with Gasteiger partial charge in [-0.3, -0.25) is 9.89 Å². The zero-order valence-corrected chi connectivity index (χ0v) is 14.8. The monoisotopic (exact) mass is 351 g/mol. The number of rotatable bonds is 7. The van der Waals surface area contributed by atoms with Crippen LogP contribution in [0.25, 0.3) is 11.3 Å². The van der Waals surface area contributed by atoms with E-state index >= 15 is 0 Å². The van der Waals surface area contributed by atoms with Crippen LogP contribution in [0.2, 0.25) is 0 Å². The molecule has 3 rings (SSSR count). The maximum atomic E-state index is 12.4. The first-order valence-electron chi connectivity index (χ1n) is 8.39. The molecule has 0 fully saturated rings. The van der Waals surface area contributed by atoms with Crippen molar-refractivity contribution >= 4 is 5.91 Å². The molecule has 0 aliphatic carbocycles. The number of methoxy groups -OCH3 is 1. The second-order valence-electron chi connectivity index (χ2n) is 5.66. The van der Waals surface area contributed by atoms with Gasteiger partial charge in [-0.1, -0.05) is 24.3 Å². The number of hydrogen-bond acceptors (Lipinski definition) is 4. The Morgan fingerprint density at radius 3 is 2.73 bits per heavy atom. The molecule has 0 bridgehead atoms. The molecule has 1 amide bonds. The van der Waals surface area contributed by atoms with Gasteiger partial charge in [0, 0.05) is 12.1 Å².